The van der Waals surface area contributed by atoms with Gasteiger partial charge >= 0.3 is 0 Å². The minimum absolute atomic E-state index is 0.151. The third-order valence-corrected chi connectivity index (χ3v) is 3.91. The van der Waals surface area contributed by atoms with Gasteiger partial charge in [0.2, 0.25) is 5.91 Å². The second-order valence-corrected chi connectivity index (χ2v) is 5.58. The predicted molar refractivity (Wildman–Crippen MR) is 78.5 cm³/mol. The van der Waals surface area contributed by atoms with E-state index in [0.717, 1.165) is 18.6 Å². The molecule has 0 radical (unpaired) electrons. The lowest BCUT2D eigenvalue weighted by Crippen LogP contribution is -2.41. The molecule has 1 amide bonds. The number of carbonyl (C=O) groups excluding carboxylic acids is 1. The van der Waals surface area contributed by atoms with Crippen molar-refractivity contribution in [3.05, 3.63) is 24.5 Å². The molecule has 1 N–H and O–H groups in total. The summed E-state index contributed by atoms with van der Waals surface area (Å²) < 4.78 is 5.53. The highest BCUT2D eigenvalue weighted by molar-refractivity contribution is 5.76. The van der Waals surface area contributed by atoms with Crippen molar-refractivity contribution < 1.29 is 9.53 Å². The topological polar surface area (TPSA) is 51.2 Å². The van der Waals surface area contributed by atoms with Gasteiger partial charge in [0.05, 0.1) is 12.8 Å². The van der Waals surface area contributed by atoms with E-state index in [1.807, 2.05) is 12.1 Å². The fourth-order valence-corrected chi connectivity index (χ4v) is 2.66. The second kappa shape index (κ2) is 7.88. The van der Waals surface area contributed by atoms with Gasteiger partial charge in [0, 0.05) is 18.7 Å². The Kier molecular flexibility index (Phi) is 5.84. The molecule has 2 rings (SSSR count). The first kappa shape index (κ1) is 14.8. The SMILES string of the molecule is CC1CCCCC1NC(=O)CCCOc1cccnc1. The van der Waals surface area contributed by atoms with Gasteiger partial charge in [0.25, 0.3) is 0 Å². The molecule has 0 aromatic carbocycles. The molecule has 1 saturated carbocycles. The van der Waals surface area contributed by atoms with Crippen molar-refractivity contribution in [3.63, 3.8) is 0 Å². The van der Waals surface area contributed by atoms with Crippen molar-refractivity contribution in [2.24, 2.45) is 5.92 Å². The van der Waals surface area contributed by atoms with Crippen LogP contribution in [0, 0.1) is 5.92 Å². The Bertz CT molecular complexity index is 408. The van der Waals surface area contributed by atoms with Crippen LogP contribution in [0.25, 0.3) is 0 Å². The number of amides is 1. The number of hydrogen-bond acceptors (Lipinski definition) is 3. The Morgan fingerprint density at radius 2 is 2.30 bits per heavy atom. The van der Waals surface area contributed by atoms with E-state index in [-0.39, 0.29) is 5.91 Å². The molecule has 110 valence electrons. The van der Waals surface area contributed by atoms with E-state index in [1.165, 1.54) is 19.3 Å². The van der Waals surface area contributed by atoms with Crippen molar-refractivity contribution >= 4 is 5.91 Å². The Balaban J connectivity index is 1.60. The minimum atomic E-state index is 0.151. The summed E-state index contributed by atoms with van der Waals surface area (Å²) in [5, 5.41) is 3.16. The van der Waals surface area contributed by atoms with Crippen molar-refractivity contribution in [1.29, 1.82) is 0 Å². The van der Waals surface area contributed by atoms with Crippen LogP contribution in [0.1, 0.15) is 45.4 Å². The second-order valence-electron chi connectivity index (χ2n) is 5.58. The van der Waals surface area contributed by atoms with Crippen LogP contribution in [0.5, 0.6) is 5.75 Å². The summed E-state index contributed by atoms with van der Waals surface area (Å²) in [7, 11) is 0. The van der Waals surface area contributed by atoms with Gasteiger partial charge in [-0.3, -0.25) is 9.78 Å². The quantitative estimate of drug-likeness (QED) is 0.813. The molecule has 2 unspecified atom stereocenters. The summed E-state index contributed by atoms with van der Waals surface area (Å²) >= 11 is 0. The maximum Gasteiger partial charge on any atom is 0.220 e. The number of nitrogens with zero attached hydrogens (tertiary/aromatic N) is 1. The molecule has 4 heteroatoms. The van der Waals surface area contributed by atoms with Crippen LogP contribution >= 0.6 is 0 Å². The lowest BCUT2D eigenvalue weighted by Gasteiger charge is -2.29. The zero-order valence-electron chi connectivity index (χ0n) is 12.2. The van der Waals surface area contributed by atoms with E-state index in [0.29, 0.717) is 25.0 Å². The van der Waals surface area contributed by atoms with Gasteiger partial charge in [-0.25, -0.2) is 0 Å². The summed E-state index contributed by atoms with van der Waals surface area (Å²) in [5.41, 5.74) is 0. The number of carbonyl (C=O) groups is 1. The van der Waals surface area contributed by atoms with E-state index >= 15 is 0 Å². The molecule has 0 saturated heterocycles. The van der Waals surface area contributed by atoms with Gasteiger partial charge in [-0.15, -0.1) is 0 Å². The van der Waals surface area contributed by atoms with E-state index in [2.05, 4.69) is 17.2 Å². The van der Waals surface area contributed by atoms with Gasteiger partial charge in [-0.1, -0.05) is 19.8 Å². The van der Waals surface area contributed by atoms with E-state index in [1.54, 1.807) is 12.4 Å². The van der Waals surface area contributed by atoms with Crippen LogP contribution in [0.4, 0.5) is 0 Å². The molecule has 0 aliphatic heterocycles. The van der Waals surface area contributed by atoms with Gasteiger partial charge in [0.15, 0.2) is 0 Å². The molecular formula is C16H24N2O2. The summed E-state index contributed by atoms with van der Waals surface area (Å²) in [4.78, 5) is 15.9. The first-order chi connectivity index (χ1) is 9.75. The van der Waals surface area contributed by atoms with Crippen LogP contribution in [-0.4, -0.2) is 23.5 Å². The highest BCUT2D eigenvalue weighted by atomic mass is 16.5. The molecule has 1 aromatic heterocycles. The van der Waals surface area contributed by atoms with Crippen LogP contribution < -0.4 is 10.1 Å². The maximum atomic E-state index is 11.9. The monoisotopic (exact) mass is 276 g/mol. The molecule has 20 heavy (non-hydrogen) atoms. The van der Waals surface area contributed by atoms with Crippen LogP contribution in [0.3, 0.4) is 0 Å². The van der Waals surface area contributed by atoms with Gasteiger partial charge in [0.1, 0.15) is 5.75 Å². The smallest absolute Gasteiger partial charge is 0.220 e. The number of hydrogen-bond donors (Lipinski definition) is 1. The molecule has 0 spiro atoms. The number of rotatable bonds is 6. The third-order valence-electron chi connectivity index (χ3n) is 3.91. The lowest BCUT2D eigenvalue weighted by atomic mass is 9.86. The van der Waals surface area contributed by atoms with E-state index in [9.17, 15) is 4.79 Å². The van der Waals surface area contributed by atoms with Crippen molar-refractivity contribution in [2.75, 3.05) is 6.61 Å². The normalized spacial score (nSPS) is 22.2. The molecule has 1 aliphatic carbocycles. The van der Waals surface area contributed by atoms with Gasteiger partial charge in [-0.05, 0) is 37.3 Å². The predicted octanol–water partition coefficient (Wildman–Crippen LogP) is 2.94. The third kappa shape index (κ3) is 4.83. The minimum Gasteiger partial charge on any atom is -0.492 e. The largest absolute Gasteiger partial charge is 0.492 e. The first-order valence-corrected chi connectivity index (χ1v) is 7.58. The average Bonchev–Trinajstić information content (AvgIpc) is 2.47. The number of nitrogens with one attached hydrogen (secondary N) is 1. The molecule has 1 heterocycles. The molecule has 0 bridgehead atoms. The van der Waals surface area contributed by atoms with Crippen molar-refractivity contribution in [2.45, 2.75) is 51.5 Å². The Labute approximate surface area is 120 Å². The van der Waals surface area contributed by atoms with E-state index in [4.69, 9.17) is 4.74 Å². The zero-order valence-corrected chi connectivity index (χ0v) is 12.2. The Morgan fingerprint density at radius 1 is 1.45 bits per heavy atom. The molecular weight excluding hydrogens is 252 g/mol. The van der Waals surface area contributed by atoms with Crippen LogP contribution in [0.2, 0.25) is 0 Å². The summed E-state index contributed by atoms with van der Waals surface area (Å²) in [5.74, 6) is 1.52. The van der Waals surface area contributed by atoms with Crippen LogP contribution in [-0.2, 0) is 4.79 Å². The fraction of sp³-hybridized carbons (Fsp3) is 0.625. The van der Waals surface area contributed by atoms with Gasteiger partial charge in [-0.2, -0.15) is 0 Å². The van der Waals surface area contributed by atoms with Crippen molar-refractivity contribution in [3.8, 4) is 5.75 Å². The highest BCUT2D eigenvalue weighted by Gasteiger charge is 2.22. The highest BCUT2D eigenvalue weighted by Crippen LogP contribution is 2.23. The molecule has 1 aromatic rings. The number of pyridine rings is 1. The molecule has 2 atom stereocenters. The fourth-order valence-electron chi connectivity index (χ4n) is 2.66. The summed E-state index contributed by atoms with van der Waals surface area (Å²) in [6.07, 6.45) is 9.56. The number of aromatic nitrogens is 1. The average molecular weight is 276 g/mol. The molecule has 1 aliphatic rings. The lowest BCUT2D eigenvalue weighted by molar-refractivity contribution is -0.122. The molecule has 1 fully saturated rings. The Hall–Kier alpha value is -1.58. The molecule has 4 nitrogen and oxygen atoms in total. The van der Waals surface area contributed by atoms with Crippen LogP contribution in [0.15, 0.2) is 24.5 Å². The van der Waals surface area contributed by atoms with Crippen molar-refractivity contribution in [1.82, 2.24) is 10.3 Å². The zero-order chi connectivity index (χ0) is 14.2. The maximum absolute atomic E-state index is 11.9. The Morgan fingerprint density at radius 3 is 3.05 bits per heavy atom. The van der Waals surface area contributed by atoms with Gasteiger partial charge < -0.3 is 10.1 Å². The van der Waals surface area contributed by atoms with E-state index < -0.39 is 0 Å². The standard InChI is InChI=1S/C16H24N2O2/c1-13-6-2-3-8-15(13)18-16(19)9-5-11-20-14-7-4-10-17-12-14/h4,7,10,12-13,15H,2-3,5-6,8-9,11H2,1H3,(H,18,19). The first-order valence-electron chi connectivity index (χ1n) is 7.58. The number of ether oxygens (including phenoxy) is 1. The summed E-state index contributed by atoms with van der Waals surface area (Å²) in [6, 6.07) is 4.08. The summed E-state index contributed by atoms with van der Waals surface area (Å²) in [6.45, 7) is 2.79.